The highest BCUT2D eigenvalue weighted by Crippen LogP contribution is 1.92. The van der Waals surface area contributed by atoms with Crippen LogP contribution in [0.4, 0.5) is 0 Å². The molecule has 0 aliphatic heterocycles. The second-order valence-corrected chi connectivity index (χ2v) is 2.04. The average Bonchev–Trinajstić information content (AvgIpc) is 1.88. The summed E-state index contributed by atoms with van der Waals surface area (Å²) >= 11 is 5.23. The topological polar surface area (TPSA) is 35.5 Å². The SMILES string of the molecule is C=C(C)C(=O)OOCCCl. The molecular formula is C6H9ClO3. The molecule has 0 rings (SSSR count). The van der Waals surface area contributed by atoms with E-state index >= 15 is 0 Å². The predicted molar refractivity (Wildman–Crippen MR) is 37.6 cm³/mol. The lowest BCUT2D eigenvalue weighted by Crippen LogP contribution is -2.07. The summed E-state index contributed by atoms with van der Waals surface area (Å²) in [4.78, 5) is 19.1. The second-order valence-electron chi connectivity index (χ2n) is 1.66. The van der Waals surface area contributed by atoms with Crippen LogP contribution >= 0.6 is 11.6 Å². The first-order chi connectivity index (χ1) is 4.68. The van der Waals surface area contributed by atoms with E-state index in [1.165, 1.54) is 6.92 Å². The molecule has 0 aliphatic rings. The molecule has 0 fully saturated rings. The Balaban J connectivity index is 3.31. The van der Waals surface area contributed by atoms with E-state index in [0.717, 1.165) is 0 Å². The fraction of sp³-hybridized carbons (Fsp3) is 0.500. The van der Waals surface area contributed by atoms with Crippen molar-refractivity contribution in [2.75, 3.05) is 12.5 Å². The quantitative estimate of drug-likeness (QED) is 0.206. The van der Waals surface area contributed by atoms with Gasteiger partial charge in [-0.2, -0.15) is 4.89 Å². The van der Waals surface area contributed by atoms with Gasteiger partial charge in [-0.1, -0.05) is 6.58 Å². The summed E-state index contributed by atoms with van der Waals surface area (Å²) in [7, 11) is 0. The monoisotopic (exact) mass is 164 g/mol. The summed E-state index contributed by atoms with van der Waals surface area (Å²) in [6.07, 6.45) is 0. The van der Waals surface area contributed by atoms with Crippen LogP contribution in [0.25, 0.3) is 0 Å². The number of alkyl halides is 1. The van der Waals surface area contributed by atoms with E-state index in [0.29, 0.717) is 11.5 Å². The Morgan fingerprint density at radius 1 is 1.70 bits per heavy atom. The van der Waals surface area contributed by atoms with Crippen LogP contribution in [0, 0.1) is 0 Å². The fourth-order valence-corrected chi connectivity index (χ4v) is 0.261. The molecule has 0 radical (unpaired) electrons. The van der Waals surface area contributed by atoms with Gasteiger partial charge in [-0.3, -0.25) is 4.89 Å². The van der Waals surface area contributed by atoms with Crippen molar-refractivity contribution in [1.82, 2.24) is 0 Å². The van der Waals surface area contributed by atoms with Crippen molar-refractivity contribution in [2.45, 2.75) is 6.92 Å². The van der Waals surface area contributed by atoms with Gasteiger partial charge in [0.1, 0.15) is 6.61 Å². The molecule has 0 spiro atoms. The minimum Gasteiger partial charge on any atom is -0.293 e. The molecular weight excluding hydrogens is 156 g/mol. The van der Waals surface area contributed by atoms with Crippen LogP contribution in [0.1, 0.15) is 6.92 Å². The third kappa shape index (κ3) is 4.35. The molecule has 0 heterocycles. The molecule has 0 aromatic rings. The van der Waals surface area contributed by atoms with Crippen molar-refractivity contribution in [1.29, 1.82) is 0 Å². The highest BCUT2D eigenvalue weighted by atomic mass is 35.5. The Kier molecular flexibility index (Phi) is 4.98. The summed E-state index contributed by atoms with van der Waals surface area (Å²) in [6.45, 7) is 5.08. The molecule has 10 heavy (non-hydrogen) atoms. The molecule has 4 heteroatoms. The number of hydrogen-bond donors (Lipinski definition) is 0. The largest absolute Gasteiger partial charge is 0.368 e. The number of halogens is 1. The normalized spacial score (nSPS) is 9.00. The van der Waals surface area contributed by atoms with Crippen molar-refractivity contribution in [3.05, 3.63) is 12.2 Å². The smallest absolute Gasteiger partial charge is 0.293 e. The van der Waals surface area contributed by atoms with Gasteiger partial charge in [-0.25, -0.2) is 4.79 Å². The van der Waals surface area contributed by atoms with Crippen LogP contribution in [-0.4, -0.2) is 18.5 Å². The maximum absolute atomic E-state index is 10.5. The minimum atomic E-state index is -0.565. The lowest BCUT2D eigenvalue weighted by molar-refractivity contribution is -0.264. The van der Waals surface area contributed by atoms with Crippen LogP contribution in [0.15, 0.2) is 12.2 Å². The average molecular weight is 165 g/mol. The van der Waals surface area contributed by atoms with Crippen LogP contribution in [0.5, 0.6) is 0 Å². The fourth-order valence-electron chi connectivity index (χ4n) is 0.198. The maximum atomic E-state index is 10.5. The van der Waals surface area contributed by atoms with E-state index in [1.807, 2.05) is 0 Å². The van der Waals surface area contributed by atoms with Gasteiger partial charge in [0.2, 0.25) is 0 Å². The van der Waals surface area contributed by atoms with Gasteiger partial charge in [-0.15, -0.1) is 11.6 Å². The van der Waals surface area contributed by atoms with Crippen molar-refractivity contribution in [2.24, 2.45) is 0 Å². The molecule has 0 aromatic carbocycles. The first-order valence-electron chi connectivity index (χ1n) is 2.73. The third-order valence-corrected chi connectivity index (χ3v) is 0.798. The van der Waals surface area contributed by atoms with Gasteiger partial charge in [0, 0.05) is 5.57 Å². The number of hydrogen-bond acceptors (Lipinski definition) is 3. The van der Waals surface area contributed by atoms with Gasteiger partial charge in [0.05, 0.1) is 5.88 Å². The van der Waals surface area contributed by atoms with E-state index in [4.69, 9.17) is 11.6 Å². The number of carbonyl (C=O) groups excluding carboxylic acids is 1. The molecule has 0 atom stereocenters. The second kappa shape index (κ2) is 5.26. The standard InChI is InChI=1S/C6H9ClO3/c1-5(2)6(8)10-9-4-3-7/h1,3-4H2,2H3. The predicted octanol–water partition coefficient (Wildman–Crippen LogP) is 1.28. The molecule has 0 N–H and O–H groups in total. The molecule has 0 saturated carbocycles. The van der Waals surface area contributed by atoms with Crippen molar-refractivity contribution < 1.29 is 14.6 Å². The molecule has 0 aromatic heterocycles. The Bertz CT molecular complexity index is 133. The van der Waals surface area contributed by atoms with Gasteiger partial charge in [0.15, 0.2) is 0 Å². The Hall–Kier alpha value is -0.540. The van der Waals surface area contributed by atoms with Crippen LogP contribution < -0.4 is 0 Å². The summed E-state index contributed by atoms with van der Waals surface area (Å²) in [5.74, 6) is -0.270. The van der Waals surface area contributed by atoms with Crippen LogP contribution in [0.3, 0.4) is 0 Å². The van der Waals surface area contributed by atoms with Gasteiger partial charge < -0.3 is 0 Å². The van der Waals surface area contributed by atoms with Crippen LogP contribution in [0.2, 0.25) is 0 Å². The summed E-state index contributed by atoms with van der Waals surface area (Å²) in [5.41, 5.74) is 0.301. The molecule has 58 valence electrons. The van der Waals surface area contributed by atoms with Gasteiger partial charge >= 0.3 is 5.97 Å². The Morgan fingerprint density at radius 2 is 2.30 bits per heavy atom. The molecule has 0 amide bonds. The number of carbonyl (C=O) groups is 1. The first-order valence-corrected chi connectivity index (χ1v) is 3.27. The zero-order chi connectivity index (χ0) is 7.98. The summed E-state index contributed by atoms with van der Waals surface area (Å²) < 4.78 is 0. The number of rotatable bonds is 4. The van der Waals surface area contributed by atoms with E-state index < -0.39 is 5.97 Å². The molecule has 0 bridgehead atoms. The summed E-state index contributed by atoms with van der Waals surface area (Å²) in [5, 5.41) is 0. The van der Waals surface area contributed by atoms with E-state index in [2.05, 4.69) is 16.4 Å². The molecule has 0 saturated heterocycles. The van der Waals surface area contributed by atoms with Gasteiger partial charge in [0.25, 0.3) is 0 Å². The van der Waals surface area contributed by atoms with E-state index in [1.54, 1.807) is 0 Å². The third-order valence-electron chi connectivity index (χ3n) is 0.644. The Morgan fingerprint density at radius 3 is 2.70 bits per heavy atom. The van der Waals surface area contributed by atoms with Crippen molar-refractivity contribution in [3.63, 3.8) is 0 Å². The molecule has 0 unspecified atom stereocenters. The van der Waals surface area contributed by atoms with E-state index in [-0.39, 0.29) is 6.61 Å². The molecule has 3 nitrogen and oxygen atoms in total. The zero-order valence-corrected chi connectivity index (χ0v) is 6.48. The zero-order valence-electron chi connectivity index (χ0n) is 5.72. The Labute approximate surface area is 64.5 Å². The van der Waals surface area contributed by atoms with Crippen molar-refractivity contribution >= 4 is 17.6 Å². The highest BCUT2D eigenvalue weighted by molar-refractivity contribution is 6.17. The lowest BCUT2D eigenvalue weighted by Gasteiger charge is -1.99. The van der Waals surface area contributed by atoms with Crippen LogP contribution in [-0.2, 0) is 14.6 Å². The minimum absolute atomic E-state index is 0.195. The lowest BCUT2D eigenvalue weighted by atomic mass is 10.4. The summed E-state index contributed by atoms with van der Waals surface area (Å²) in [6, 6.07) is 0. The highest BCUT2D eigenvalue weighted by Gasteiger charge is 2.02. The molecule has 0 aliphatic carbocycles. The first kappa shape index (κ1) is 9.46. The maximum Gasteiger partial charge on any atom is 0.368 e. The van der Waals surface area contributed by atoms with Gasteiger partial charge in [-0.05, 0) is 6.92 Å². The van der Waals surface area contributed by atoms with Crippen molar-refractivity contribution in [3.8, 4) is 0 Å². The van der Waals surface area contributed by atoms with E-state index in [9.17, 15) is 4.79 Å².